The van der Waals surface area contributed by atoms with E-state index in [-0.39, 0.29) is 0 Å². The molecular weight excluding hydrogens is 922 g/mol. The molecule has 0 aromatic carbocycles. The van der Waals surface area contributed by atoms with Crippen molar-refractivity contribution in [2.45, 2.75) is 161 Å². The fraction of sp³-hybridized carbons (Fsp3) is 0.861. The summed E-state index contributed by atoms with van der Waals surface area (Å²) in [6.07, 6.45) is -38.7. The average Bonchev–Trinajstić information content (AvgIpc) is 3.27. The number of aliphatic hydroxyl groups excluding tert-OH is 14. The molecule has 4 saturated heterocycles. The monoisotopic (exact) mass is 981 g/mol. The van der Waals surface area contributed by atoms with Crippen LogP contribution >= 0.6 is 0 Å². The number of carboxylic acid groups (broad SMARTS) is 2. The molecule has 22 atom stereocenters. The summed E-state index contributed by atoms with van der Waals surface area (Å²) in [4.78, 5) is 61.9. The smallest absolute Gasteiger partial charge is 0.364 e. The van der Waals surface area contributed by atoms with Gasteiger partial charge in [0.15, 0.2) is 12.6 Å². The Labute approximate surface area is 377 Å². The van der Waals surface area contributed by atoms with Crippen molar-refractivity contribution in [3.05, 3.63) is 0 Å². The summed E-state index contributed by atoms with van der Waals surface area (Å²) in [7, 11) is 0. The normalized spacial score (nSPS) is 41.0. The van der Waals surface area contributed by atoms with E-state index in [1.54, 1.807) is 0 Å². The standard InChI is InChI=1S/C36H59N3O28/c1-10(44)37-19-12(46)3-35(33(57)58,65-28(19)22(51)14(48)5-40)61-9-17-25(54)27(21(31(56)62-17)38-11(2)45)64-32-26(55)30(24(53)16(7-42)63-32)67-36(34(59)60)4-13(47)20(39-18(50)8-43)29(66-36)23(52)15(49)6-41/h12-17,19-32,40-43,46-49,51-56H,3-9H2,1-2H3,(H,37,44)(H,38,45)(H,39,50)(H,57,58)(H,59,60)/t12-,13-,14+,15+,16+,17+,19+,20+,21+,22+,23+,24-,25-,26+,27+,28+,29+,30-,31?,32-,35+,36-/m0/s1. The zero-order valence-corrected chi connectivity index (χ0v) is 35.6. The van der Waals surface area contributed by atoms with Gasteiger partial charge in [0.2, 0.25) is 17.7 Å². The molecule has 0 saturated carbocycles. The number of nitrogens with one attached hydrogen (secondary N) is 3. The maximum Gasteiger partial charge on any atom is 0.364 e. The van der Waals surface area contributed by atoms with Gasteiger partial charge in [-0.3, -0.25) is 14.4 Å². The van der Waals surface area contributed by atoms with Crippen molar-refractivity contribution in [2.24, 2.45) is 0 Å². The molecule has 0 radical (unpaired) electrons. The first-order valence-electron chi connectivity index (χ1n) is 20.5. The number of rotatable bonds is 20. The van der Waals surface area contributed by atoms with Gasteiger partial charge in [-0.05, 0) is 0 Å². The number of aliphatic carboxylic acids is 2. The second kappa shape index (κ2) is 23.4. The minimum Gasteiger partial charge on any atom is -0.477 e. The van der Waals surface area contributed by atoms with E-state index in [0.717, 1.165) is 13.8 Å². The maximum absolute atomic E-state index is 12.9. The zero-order chi connectivity index (χ0) is 50.5. The van der Waals surface area contributed by atoms with Gasteiger partial charge >= 0.3 is 11.9 Å². The molecule has 0 aromatic heterocycles. The highest BCUT2D eigenvalue weighted by atomic mass is 16.8. The zero-order valence-electron chi connectivity index (χ0n) is 35.6. The van der Waals surface area contributed by atoms with Crippen LogP contribution in [-0.4, -0.2) is 278 Å². The third-order valence-electron chi connectivity index (χ3n) is 11.5. The van der Waals surface area contributed by atoms with E-state index in [1.807, 2.05) is 0 Å². The van der Waals surface area contributed by atoms with Crippen molar-refractivity contribution < 1.29 is 139 Å². The van der Waals surface area contributed by atoms with E-state index in [2.05, 4.69) is 16.0 Å². The predicted molar refractivity (Wildman–Crippen MR) is 204 cm³/mol. The van der Waals surface area contributed by atoms with E-state index in [4.69, 9.17) is 33.2 Å². The Balaban J connectivity index is 1.67. The Hall–Kier alpha value is -3.49. The Kier molecular flexibility index (Phi) is 19.6. The molecule has 386 valence electrons. The molecule has 31 heteroatoms. The minimum absolute atomic E-state index is 0.796. The van der Waals surface area contributed by atoms with Gasteiger partial charge in [0.05, 0.1) is 50.7 Å². The van der Waals surface area contributed by atoms with Crippen LogP contribution < -0.4 is 16.0 Å². The highest BCUT2D eigenvalue weighted by Crippen LogP contribution is 2.39. The topological polar surface area (TPSA) is 510 Å². The molecule has 67 heavy (non-hydrogen) atoms. The molecule has 4 rings (SSSR count). The van der Waals surface area contributed by atoms with Gasteiger partial charge in [-0.2, -0.15) is 0 Å². The second-order valence-electron chi connectivity index (χ2n) is 16.3. The van der Waals surface area contributed by atoms with E-state index >= 15 is 0 Å². The molecule has 4 heterocycles. The highest BCUT2D eigenvalue weighted by Gasteiger charge is 2.61. The summed E-state index contributed by atoms with van der Waals surface area (Å²) in [6, 6.07) is -5.25. The van der Waals surface area contributed by atoms with Crippen LogP contribution in [0.2, 0.25) is 0 Å². The third-order valence-corrected chi connectivity index (χ3v) is 11.5. The van der Waals surface area contributed by atoms with Gasteiger partial charge in [-0.15, -0.1) is 0 Å². The van der Waals surface area contributed by atoms with Gasteiger partial charge in [0, 0.05) is 26.7 Å². The number of amides is 3. The van der Waals surface area contributed by atoms with Gasteiger partial charge < -0.3 is 131 Å². The van der Waals surface area contributed by atoms with Gasteiger partial charge in [-0.1, -0.05) is 0 Å². The Morgan fingerprint density at radius 1 is 0.642 bits per heavy atom. The van der Waals surface area contributed by atoms with Crippen LogP contribution in [0.1, 0.15) is 26.7 Å². The number of ether oxygens (including phenoxy) is 7. The molecule has 4 aliphatic heterocycles. The number of carbonyl (C=O) groups is 5. The SMILES string of the molecule is CC(=O)N[C@H]1[C@H]([C@H](O)[C@H](O)CO)O[C@@](OC[C@H]2OC(O)[C@H](NC(C)=O)[C@@H](O[C@@H]3O[C@H](CO)[C@H](O)[C@H](O[C@]4(C(=O)O)C[C@H](O)[C@@H](NC(=O)CO)[C@H]([C@H](O)[C@H](O)CO)O4)[C@H]3O)[C@H]2O)(C(=O)O)C[C@@H]1O. The van der Waals surface area contributed by atoms with Crippen LogP contribution in [0.4, 0.5) is 0 Å². The molecule has 4 fully saturated rings. The largest absolute Gasteiger partial charge is 0.477 e. The summed E-state index contributed by atoms with van der Waals surface area (Å²) in [6.45, 7) is -3.80. The molecule has 0 bridgehead atoms. The van der Waals surface area contributed by atoms with Crippen LogP contribution in [0.25, 0.3) is 0 Å². The van der Waals surface area contributed by atoms with Crippen LogP contribution in [0.5, 0.6) is 0 Å². The van der Waals surface area contributed by atoms with Crippen molar-refractivity contribution in [1.82, 2.24) is 16.0 Å². The summed E-state index contributed by atoms with van der Waals surface area (Å²) < 4.78 is 39.0. The molecule has 3 amide bonds. The lowest BCUT2D eigenvalue weighted by Crippen LogP contribution is -2.71. The molecule has 1 unspecified atom stereocenters. The summed E-state index contributed by atoms with van der Waals surface area (Å²) in [5.74, 6) is -13.2. The van der Waals surface area contributed by atoms with E-state index in [0.29, 0.717) is 0 Å². The number of aliphatic hydroxyl groups is 14. The minimum atomic E-state index is -3.26. The molecule has 19 N–H and O–H groups in total. The summed E-state index contributed by atoms with van der Waals surface area (Å²) >= 11 is 0. The number of carbonyl (C=O) groups excluding carboxylic acids is 3. The van der Waals surface area contributed by atoms with Crippen LogP contribution in [0.15, 0.2) is 0 Å². The summed E-state index contributed by atoms with van der Waals surface area (Å²) in [5, 5.41) is 175. The fourth-order valence-corrected chi connectivity index (χ4v) is 8.04. The van der Waals surface area contributed by atoms with Crippen LogP contribution in [0.3, 0.4) is 0 Å². The second-order valence-corrected chi connectivity index (χ2v) is 16.3. The van der Waals surface area contributed by atoms with Crippen molar-refractivity contribution in [2.75, 3.05) is 33.0 Å². The lowest BCUT2D eigenvalue weighted by molar-refractivity contribution is -0.382. The van der Waals surface area contributed by atoms with Gasteiger partial charge in [0.1, 0.15) is 92.0 Å². The molecule has 0 aromatic rings. The molecular formula is C36H59N3O28. The van der Waals surface area contributed by atoms with Crippen molar-refractivity contribution in [3.8, 4) is 0 Å². The molecule has 31 nitrogen and oxygen atoms in total. The quantitative estimate of drug-likeness (QED) is 0.0538. The molecule has 0 aliphatic carbocycles. The van der Waals surface area contributed by atoms with E-state index in [1.165, 1.54) is 0 Å². The van der Waals surface area contributed by atoms with E-state index in [9.17, 15) is 106 Å². The number of hydrogen-bond acceptors (Lipinski definition) is 26. The molecule has 0 spiro atoms. The Morgan fingerprint density at radius 2 is 1.12 bits per heavy atom. The predicted octanol–water partition coefficient (Wildman–Crippen LogP) is -11.9. The van der Waals surface area contributed by atoms with Crippen LogP contribution in [0, 0.1) is 0 Å². The first-order chi connectivity index (χ1) is 31.3. The lowest BCUT2D eigenvalue weighted by atomic mass is 9.88. The highest BCUT2D eigenvalue weighted by molar-refractivity contribution is 5.78. The Bertz CT molecular complexity index is 1700. The first kappa shape index (κ1) is 56.1. The summed E-state index contributed by atoms with van der Waals surface area (Å²) in [5.41, 5.74) is 0. The third kappa shape index (κ3) is 12.5. The maximum atomic E-state index is 12.9. The van der Waals surface area contributed by atoms with Crippen molar-refractivity contribution in [3.63, 3.8) is 0 Å². The molecule has 4 aliphatic rings. The van der Waals surface area contributed by atoms with Gasteiger partial charge in [-0.25, -0.2) is 9.59 Å². The average molecular weight is 982 g/mol. The van der Waals surface area contributed by atoms with Crippen molar-refractivity contribution >= 4 is 29.7 Å². The fourth-order valence-electron chi connectivity index (χ4n) is 8.04. The Morgan fingerprint density at radius 3 is 1.60 bits per heavy atom. The number of carboxylic acids is 2. The number of hydrogen-bond donors (Lipinski definition) is 19. The van der Waals surface area contributed by atoms with E-state index < -0.39 is 209 Å². The van der Waals surface area contributed by atoms with Gasteiger partial charge in [0.25, 0.3) is 11.6 Å². The van der Waals surface area contributed by atoms with Crippen LogP contribution in [-0.2, 0) is 57.1 Å². The first-order valence-corrected chi connectivity index (χ1v) is 20.5. The van der Waals surface area contributed by atoms with Crippen molar-refractivity contribution in [1.29, 1.82) is 0 Å². The lowest BCUT2D eigenvalue weighted by Gasteiger charge is -2.51.